The van der Waals surface area contributed by atoms with Crippen LogP contribution >= 0.6 is 0 Å². The van der Waals surface area contributed by atoms with Gasteiger partial charge in [-0.25, -0.2) is 0 Å². The van der Waals surface area contributed by atoms with E-state index in [0.29, 0.717) is 18.8 Å². The van der Waals surface area contributed by atoms with Crippen molar-refractivity contribution in [1.82, 2.24) is 9.80 Å². The Morgan fingerprint density at radius 1 is 1.04 bits per heavy atom. The minimum atomic E-state index is -4.12. The molecule has 2 aliphatic rings. The Bertz CT molecular complexity index is 381. The molecule has 25 heavy (non-hydrogen) atoms. The highest BCUT2D eigenvalue weighted by atomic mass is 19.4. The maximum atomic E-state index is 13.0. The lowest BCUT2D eigenvalue weighted by atomic mass is 9.84. The highest BCUT2D eigenvalue weighted by Crippen LogP contribution is 2.31. The van der Waals surface area contributed by atoms with Crippen molar-refractivity contribution in [3.63, 3.8) is 0 Å². The Kier molecular flexibility index (Phi) is 8.02. The molecule has 3 nitrogen and oxygen atoms in total. The molecule has 1 saturated heterocycles. The van der Waals surface area contributed by atoms with E-state index in [0.717, 1.165) is 44.7 Å². The first-order chi connectivity index (χ1) is 11.8. The van der Waals surface area contributed by atoms with Gasteiger partial charge in [-0.2, -0.15) is 13.2 Å². The van der Waals surface area contributed by atoms with E-state index in [2.05, 4.69) is 13.8 Å². The summed E-state index contributed by atoms with van der Waals surface area (Å²) < 4.78 is 45.0. The predicted molar refractivity (Wildman–Crippen MR) is 94.7 cm³/mol. The maximum absolute atomic E-state index is 13.0. The summed E-state index contributed by atoms with van der Waals surface area (Å²) in [4.78, 5) is 3.43. The summed E-state index contributed by atoms with van der Waals surface area (Å²) >= 11 is 0. The molecule has 0 radical (unpaired) electrons. The molecule has 1 atom stereocenters. The molecule has 0 spiro atoms. The van der Waals surface area contributed by atoms with Crippen LogP contribution in [0.3, 0.4) is 0 Å². The normalized spacial score (nSPS) is 30.1. The highest BCUT2D eigenvalue weighted by Gasteiger charge is 2.44. The van der Waals surface area contributed by atoms with Gasteiger partial charge in [0.05, 0.1) is 12.2 Å². The fraction of sp³-hybridized carbons (Fsp3) is 1.00. The van der Waals surface area contributed by atoms with Crippen molar-refractivity contribution in [2.24, 2.45) is 5.92 Å². The number of alkyl halides is 3. The Balaban J connectivity index is 1.59. The number of ether oxygens (including phenoxy) is 1. The van der Waals surface area contributed by atoms with Gasteiger partial charge in [-0.3, -0.25) is 4.90 Å². The lowest BCUT2D eigenvalue weighted by Crippen LogP contribution is -2.57. The minimum absolute atomic E-state index is 0.123. The Morgan fingerprint density at radius 3 is 2.32 bits per heavy atom. The van der Waals surface area contributed by atoms with E-state index in [4.69, 9.17) is 4.74 Å². The third-order valence-corrected chi connectivity index (χ3v) is 5.71. The molecule has 1 aliphatic heterocycles. The second-order valence-electron chi connectivity index (χ2n) is 8.16. The zero-order valence-corrected chi connectivity index (χ0v) is 16.0. The van der Waals surface area contributed by atoms with Crippen LogP contribution in [-0.4, -0.2) is 67.5 Å². The van der Waals surface area contributed by atoms with Crippen molar-refractivity contribution in [1.29, 1.82) is 0 Å². The summed E-state index contributed by atoms with van der Waals surface area (Å²) in [5.41, 5.74) is 0. The summed E-state index contributed by atoms with van der Waals surface area (Å²) in [5, 5.41) is 0. The highest BCUT2D eigenvalue weighted by molar-refractivity contribution is 4.85. The summed E-state index contributed by atoms with van der Waals surface area (Å²) in [6.45, 7) is 6.36. The van der Waals surface area contributed by atoms with Crippen LogP contribution in [0.25, 0.3) is 0 Å². The van der Waals surface area contributed by atoms with E-state index >= 15 is 0 Å². The van der Waals surface area contributed by atoms with Crippen LogP contribution in [0.2, 0.25) is 0 Å². The first-order valence-corrected chi connectivity index (χ1v) is 9.90. The minimum Gasteiger partial charge on any atom is -0.376 e. The number of unbranched alkanes of at least 4 members (excludes halogenated alkanes) is 1. The van der Waals surface area contributed by atoms with Gasteiger partial charge in [-0.1, -0.05) is 12.8 Å². The third-order valence-electron chi connectivity index (χ3n) is 5.71. The first-order valence-electron chi connectivity index (χ1n) is 9.90. The molecule has 148 valence electrons. The third kappa shape index (κ3) is 7.06. The van der Waals surface area contributed by atoms with Gasteiger partial charge in [0, 0.05) is 19.6 Å². The van der Waals surface area contributed by atoms with Crippen LogP contribution in [0, 0.1) is 5.92 Å². The molecule has 2 fully saturated rings. The average molecular weight is 364 g/mol. The molecular formula is C19H35F3N2O. The molecule has 0 N–H and O–H groups in total. The predicted octanol–water partition coefficient (Wildman–Crippen LogP) is 4.32. The van der Waals surface area contributed by atoms with Gasteiger partial charge in [0.2, 0.25) is 0 Å². The number of piperazine rings is 1. The van der Waals surface area contributed by atoms with Crippen molar-refractivity contribution < 1.29 is 17.9 Å². The van der Waals surface area contributed by atoms with Gasteiger partial charge in [0.15, 0.2) is 0 Å². The van der Waals surface area contributed by atoms with Crippen LogP contribution in [0.4, 0.5) is 13.2 Å². The smallest absolute Gasteiger partial charge is 0.376 e. The topological polar surface area (TPSA) is 15.7 Å². The monoisotopic (exact) mass is 364 g/mol. The van der Waals surface area contributed by atoms with Crippen molar-refractivity contribution in [3.8, 4) is 0 Å². The van der Waals surface area contributed by atoms with E-state index in [1.165, 1.54) is 24.2 Å². The van der Waals surface area contributed by atoms with Crippen LogP contribution in [0.15, 0.2) is 0 Å². The molecule has 0 aromatic heterocycles. The SMILES string of the molecule is CC(C)O[C@H]1CC[C@H](CCCCN2CCN(C)[C@H](C(F)(F)F)C2)CC1. The average Bonchev–Trinajstić information content (AvgIpc) is 2.53. The molecule has 0 aromatic rings. The maximum Gasteiger partial charge on any atom is 0.405 e. The summed E-state index contributed by atoms with van der Waals surface area (Å²) in [6.07, 6.45) is 4.77. The quantitative estimate of drug-likeness (QED) is 0.626. The molecule has 0 unspecified atom stereocenters. The molecule has 0 aromatic carbocycles. The van der Waals surface area contributed by atoms with Crippen molar-refractivity contribution in [3.05, 3.63) is 0 Å². The van der Waals surface area contributed by atoms with Crippen LogP contribution in [0.5, 0.6) is 0 Å². The van der Waals surface area contributed by atoms with E-state index in [-0.39, 0.29) is 6.54 Å². The summed E-state index contributed by atoms with van der Waals surface area (Å²) in [6, 6.07) is -1.31. The van der Waals surface area contributed by atoms with Crippen LogP contribution < -0.4 is 0 Å². The van der Waals surface area contributed by atoms with Crippen LogP contribution in [0.1, 0.15) is 58.8 Å². The Hall–Kier alpha value is -0.330. The second-order valence-corrected chi connectivity index (χ2v) is 8.16. The Labute approximate surface area is 150 Å². The van der Waals surface area contributed by atoms with Gasteiger partial charge in [0.25, 0.3) is 0 Å². The van der Waals surface area contributed by atoms with Crippen molar-refractivity contribution >= 4 is 0 Å². The second kappa shape index (κ2) is 9.56. The van der Waals surface area contributed by atoms with Gasteiger partial charge >= 0.3 is 6.18 Å². The Morgan fingerprint density at radius 2 is 1.72 bits per heavy atom. The molecule has 1 heterocycles. The lowest BCUT2D eigenvalue weighted by Gasteiger charge is -2.40. The number of halogens is 3. The van der Waals surface area contributed by atoms with Crippen molar-refractivity contribution in [2.45, 2.75) is 83.2 Å². The summed E-state index contributed by atoms with van der Waals surface area (Å²) in [5.74, 6) is 0.780. The van der Waals surface area contributed by atoms with E-state index < -0.39 is 12.2 Å². The van der Waals surface area contributed by atoms with Crippen LogP contribution in [-0.2, 0) is 4.74 Å². The number of hydrogen-bond acceptors (Lipinski definition) is 3. The molecular weight excluding hydrogens is 329 g/mol. The fourth-order valence-corrected chi connectivity index (χ4v) is 4.20. The van der Waals surface area contributed by atoms with E-state index in [9.17, 15) is 13.2 Å². The van der Waals surface area contributed by atoms with Crippen molar-refractivity contribution in [2.75, 3.05) is 33.2 Å². The molecule has 2 rings (SSSR count). The standard InChI is InChI=1S/C19H35F3N2O/c1-15(2)25-17-9-7-16(8-10-17)6-4-5-11-24-13-12-23(3)18(14-24)19(20,21)22/h15-18H,4-14H2,1-3H3/t16-,17-,18-/m0/s1. The number of rotatable bonds is 7. The van der Waals surface area contributed by atoms with E-state index in [1.54, 1.807) is 7.05 Å². The zero-order valence-electron chi connectivity index (χ0n) is 16.0. The lowest BCUT2D eigenvalue weighted by molar-refractivity contribution is -0.193. The zero-order chi connectivity index (χ0) is 18.4. The van der Waals surface area contributed by atoms with Gasteiger partial charge in [-0.15, -0.1) is 0 Å². The van der Waals surface area contributed by atoms with Gasteiger partial charge < -0.3 is 9.64 Å². The fourth-order valence-electron chi connectivity index (χ4n) is 4.20. The molecule has 1 saturated carbocycles. The first kappa shape index (κ1) is 21.0. The molecule has 0 bridgehead atoms. The largest absolute Gasteiger partial charge is 0.405 e. The molecule has 0 amide bonds. The van der Waals surface area contributed by atoms with Gasteiger partial charge in [0.1, 0.15) is 6.04 Å². The number of likely N-dealkylation sites (N-methyl/N-ethyl adjacent to an activating group) is 1. The molecule has 1 aliphatic carbocycles. The van der Waals surface area contributed by atoms with E-state index in [1.807, 2.05) is 4.90 Å². The number of nitrogens with zero attached hydrogens (tertiary/aromatic N) is 2. The molecule has 6 heteroatoms. The number of hydrogen-bond donors (Lipinski definition) is 0. The van der Waals surface area contributed by atoms with Gasteiger partial charge in [-0.05, 0) is 65.5 Å². The summed E-state index contributed by atoms with van der Waals surface area (Å²) in [7, 11) is 1.58.